The number of ether oxygens (including phenoxy) is 1. The van der Waals surface area contributed by atoms with Gasteiger partial charge in [0, 0.05) is 6.54 Å². The van der Waals surface area contributed by atoms with Crippen LogP contribution in [0.5, 0.6) is 11.5 Å². The lowest BCUT2D eigenvalue weighted by Crippen LogP contribution is -2.48. The van der Waals surface area contributed by atoms with E-state index in [4.69, 9.17) is 4.74 Å². The van der Waals surface area contributed by atoms with Gasteiger partial charge in [-0.1, -0.05) is 6.07 Å². The van der Waals surface area contributed by atoms with Crippen molar-refractivity contribution in [3.8, 4) is 11.5 Å². The molecule has 0 aromatic heterocycles. The Bertz CT molecular complexity index is 528. The van der Waals surface area contributed by atoms with E-state index in [9.17, 15) is 19.8 Å². The summed E-state index contributed by atoms with van der Waals surface area (Å²) >= 11 is 0. The Labute approximate surface area is 116 Å². The molecule has 0 bridgehead atoms. The van der Waals surface area contributed by atoms with Gasteiger partial charge in [-0.2, -0.15) is 0 Å². The summed E-state index contributed by atoms with van der Waals surface area (Å²) in [5, 5.41) is 19.2. The van der Waals surface area contributed by atoms with Gasteiger partial charge in [0.25, 0.3) is 5.91 Å². The number of hydrogen-bond donors (Lipinski definition) is 2. The molecule has 2 N–H and O–H groups in total. The third-order valence-electron chi connectivity index (χ3n) is 3.50. The van der Waals surface area contributed by atoms with Crippen LogP contribution in [-0.2, 0) is 4.79 Å². The van der Waals surface area contributed by atoms with Gasteiger partial charge < -0.3 is 19.8 Å². The fourth-order valence-corrected chi connectivity index (χ4v) is 2.45. The average Bonchev–Trinajstić information content (AvgIpc) is 2.46. The molecule has 0 spiro atoms. The van der Waals surface area contributed by atoms with Crippen molar-refractivity contribution < 1.29 is 24.5 Å². The minimum absolute atomic E-state index is 0.0671. The van der Waals surface area contributed by atoms with Gasteiger partial charge in [0.15, 0.2) is 11.5 Å². The number of carboxylic acid groups (broad SMARTS) is 1. The zero-order valence-corrected chi connectivity index (χ0v) is 11.2. The van der Waals surface area contributed by atoms with Gasteiger partial charge in [-0.25, -0.2) is 4.79 Å². The molecule has 1 aliphatic rings. The van der Waals surface area contributed by atoms with Crippen molar-refractivity contribution in [3.05, 3.63) is 23.8 Å². The van der Waals surface area contributed by atoms with Crippen molar-refractivity contribution in [2.45, 2.75) is 25.3 Å². The number of aromatic hydroxyl groups is 1. The summed E-state index contributed by atoms with van der Waals surface area (Å²) in [7, 11) is 1.39. The molecule has 1 aliphatic heterocycles. The number of rotatable bonds is 3. The molecule has 1 atom stereocenters. The van der Waals surface area contributed by atoms with E-state index in [-0.39, 0.29) is 17.1 Å². The first-order valence-electron chi connectivity index (χ1n) is 6.46. The molecule has 1 heterocycles. The van der Waals surface area contributed by atoms with Crippen molar-refractivity contribution in [1.82, 2.24) is 4.90 Å². The number of phenols is 1. The average molecular weight is 279 g/mol. The second-order valence-electron chi connectivity index (χ2n) is 4.70. The quantitative estimate of drug-likeness (QED) is 0.875. The molecule has 1 aromatic rings. The summed E-state index contributed by atoms with van der Waals surface area (Å²) in [6.45, 7) is 0.381. The maximum absolute atomic E-state index is 12.5. The number of para-hydroxylation sites is 1. The lowest BCUT2D eigenvalue weighted by atomic mass is 10.0. The first-order valence-corrected chi connectivity index (χ1v) is 6.46. The summed E-state index contributed by atoms with van der Waals surface area (Å²) in [4.78, 5) is 25.0. The van der Waals surface area contributed by atoms with E-state index in [2.05, 4.69) is 0 Å². The highest BCUT2D eigenvalue weighted by Crippen LogP contribution is 2.31. The molecule has 1 unspecified atom stereocenters. The number of likely N-dealkylation sites (tertiary alicyclic amines) is 1. The van der Waals surface area contributed by atoms with Crippen LogP contribution in [0.2, 0.25) is 0 Å². The second-order valence-corrected chi connectivity index (χ2v) is 4.70. The number of carboxylic acids is 1. The number of benzene rings is 1. The molecule has 0 aliphatic carbocycles. The van der Waals surface area contributed by atoms with Crippen molar-refractivity contribution in [2.24, 2.45) is 0 Å². The number of hydrogen-bond acceptors (Lipinski definition) is 4. The van der Waals surface area contributed by atoms with Gasteiger partial charge in [0.2, 0.25) is 0 Å². The first-order chi connectivity index (χ1) is 9.56. The topological polar surface area (TPSA) is 87.1 Å². The molecule has 2 rings (SSSR count). The lowest BCUT2D eigenvalue weighted by Gasteiger charge is -2.33. The normalized spacial score (nSPS) is 18.6. The van der Waals surface area contributed by atoms with Gasteiger partial charge >= 0.3 is 5.97 Å². The zero-order chi connectivity index (χ0) is 14.7. The highest BCUT2D eigenvalue weighted by atomic mass is 16.5. The number of piperidine rings is 1. The fraction of sp³-hybridized carbons (Fsp3) is 0.429. The van der Waals surface area contributed by atoms with E-state index in [1.807, 2.05) is 0 Å². The minimum atomic E-state index is -1.01. The first kappa shape index (κ1) is 14.2. The van der Waals surface area contributed by atoms with Crippen LogP contribution in [0.4, 0.5) is 0 Å². The van der Waals surface area contributed by atoms with Crippen LogP contribution in [0, 0.1) is 0 Å². The summed E-state index contributed by atoms with van der Waals surface area (Å²) < 4.78 is 4.96. The van der Waals surface area contributed by atoms with Gasteiger partial charge in [-0.05, 0) is 31.4 Å². The van der Waals surface area contributed by atoms with Crippen LogP contribution < -0.4 is 4.74 Å². The molecule has 6 heteroatoms. The smallest absolute Gasteiger partial charge is 0.326 e. The maximum atomic E-state index is 12.5. The third-order valence-corrected chi connectivity index (χ3v) is 3.50. The van der Waals surface area contributed by atoms with E-state index in [0.717, 1.165) is 12.8 Å². The number of nitrogens with zero attached hydrogens (tertiary/aromatic N) is 1. The second kappa shape index (κ2) is 5.81. The highest BCUT2D eigenvalue weighted by Gasteiger charge is 2.33. The number of carbonyl (C=O) groups is 2. The Kier molecular flexibility index (Phi) is 4.12. The van der Waals surface area contributed by atoms with Crippen LogP contribution in [0.1, 0.15) is 29.6 Å². The Morgan fingerprint density at radius 3 is 2.75 bits per heavy atom. The molecule has 0 saturated carbocycles. The molecule has 1 aromatic carbocycles. The summed E-state index contributed by atoms with van der Waals surface area (Å²) in [5.41, 5.74) is 0.0671. The number of aliphatic carboxylic acids is 1. The van der Waals surface area contributed by atoms with Crippen molar-refractivity contribution in [1.29, 1.82) is 0 Å². The zero-order valence-electron chi connectivity index (χ0n) is 11.2. The monoisotopic (exact) mass is 279 g/mol. The predicted octanol–water partition coefficient (Wildman–Crippen LogP) is 1.48. The third kappa shape index (κ3) is 2.54. The Hall–Kier alpha value is -2.24. The van der Waals surface area contributed by atoms with Gasteiger partial charge in [0.05, 0.1) is 12.7 Å². The van der Waals surface area contributed by atoms with Crippen LogP contribution in [0.25, 0.3) is 0 Å². The molecule has 0 radical (unpaired) electrons. The van der Waals surface area contributed by atoms with E-state index in [0.29, 0.717) is 13.0 Å². The van der Waals surface area contributed by atoms with Crippen LogP contribution >= 0.6 is 0 Å². The molecule has 20 heavy (non-hydrogen) atoms. The largest absolute Gasteiger partial charge is 0.504 e. The van der Waals surface area contributed by atoms with E-state index in [1.54, 1.807) is 6.07 Å². The number of amides is 1. The summed E-state index contributed by atoms with van der Waals surface area (Å²) in [5.74, 6) is -1.55. The Morgan fingerprint density at radius 2 is 2.10 bits per heavy atom. The van der Waals surface area contributed by atoms with E-state index >= 15 is 0 Å². The predicted molar refractivity (Wildman–Crippen MR) is 71.0 cm³/mol. The molecular formula is C14H17NO5. The fourth-order valence-electron chi connectivity index (χ4n) is 2.45. The number of carbonyl (C=O) groups excluding carboxylic acids is 1. The molecule has 1 saturated heterocycles. The standard InChI is InChI=1S/C14H17NO5/c1-20-11-7-4-5-9(12(11)16)13(17)15-8-3-2-6-10(15)14(18)19/h4-5,7,10,16H,2-3,6,8H2,1H3,(H,18,19). The van der Waals surface area contributed by atoms with Crippen molar-refractivity contribution >= 4 is 11.9 Å². The number of methoxy groups -OCH3 is 1. The molecule has 108 valence electrons. The van der Waals surface area contributed by atoms with Crippen LogP contribution in [0.15, 0.2) is 18.2 Å². The van der Waals surface area contributed by atoms with Crippen LogP contribution in [0.3, 0.4) is 0 Å². The number of phenolic OH excluding ortho intramolecular Hbond substituents is 1. The maximum Gasteiger partial charge on any atom is 0.326 e. The van der Waals surface area contributed by atoms with Crippen LogP contribution in [-0.4, -0.2) is 46.7 Å². The lowest BCUT2D eigenvalue weighted by molar-refractivity contribution is -0.143. The molecular weight excluding hydrogens is 262 g/mol. The van der Waals surface area contributed by atoms with Gasteiger partial charge in [0.1, 0.15) is 6.04 Å². The van der Waals surface area contributed by atoms with Gasteiger partial charge in [-0.15, -0.1) is 0 Å². The highest BCUT2D eigenvalue weighted by molar-refractivity contribution is 5.99. The van der Waals surface area contributed by atoms with E-state index < -0.39 is 17.9 Å². The SMILES string of the molecule is COc1cccc(C(=O)N2CCCCC2C(=O)O)c1O. The molecule has 6 nitrogen and oxygen atoms in total. The van der Waals surface area contributed by atoms with Gasteiger partial charge in [-0.3, -0.25) is 4.79 Å². The Balaban J connectivity index is 2.32. The van der Waals surface area contributed by atoms with Crippen molar-refractivity contribution in [3.63, 3.8) is 0 Å². The van der Waals surface area contributed by atoms with E-state index in [1.165, 1.54) is 24.1 Å². The van der Waals surface area contributed by atoms with Crippen molar-refractivity contribution in [2.75, 3.05) is 13.7 Å². The Morgan fingerprint density at radius 1 is 1.35 bits per heavy atom. The summed E-state index contributed by atoms with van der Waals surface area (Å²) in [6.07, 6.45) is 1.98. The summed E-state index contributed by atoms with van der Waals surface area (Å²) in [6, 6.07) is 3.76. The molecule has 1 amide bonds. The minimum Gasteiger partial charge on any atom is -0.504 e. The molecule has 1 fully saturated rings.